The number of benzene rings is 1. The van der Waals surface area contributed by atoms with Crippen LogP contribution in [0.25, 0.3) is 0 Å². The zero-order valence-corrected chi connectivity index (χ0v) is 11.1. The van der Waals surface area contributed by atoms with E-state index >= 15 is 0 Å². The SMILES string of the molecule is Cc1ccccc1NC(=O)CN(CC(N)=O)CC(=O)O. The summed E-state index contributed by atoms with van der Waals surface area (Å²) in [6.45, 7) is 0.912. The predicted molar refractivity (Wildman–Crippen MR) is 73.1 cm³/mol. The molecule has 0 aliphatic rings. The Morgan fingerprint density at radius 1 is 1.20 bits per heavy atom. The monoisotopic (exact) mass is 279 g/mol. The molecule has 7 heteroatoms. The summed E-state index contributed by atoms with van der Waals surface area (Å²) in [7, 11) is 0. The third-order valence-corrected chi connectivity index (χ3v) is 2.52. The molecule has 0 saturated carbocycles. The number of aliphatic carboxylic acids is 1. The highest BCUT2D eigenvalue weighted by Gasteiger charge is 2.16. The Balaban J connectivity index is 2.64. The zero-order chi connectivity index (χ0) is 15.1. The van der Waals surface area contributed by atoms with E-state index in [0.29, 0.717) is 5.69 Å². The largest absolute Gasteiger partial charge is 0.480 e. The highest BCUT2D eigenvalue weighted by molar-refractivity contribution is 5.93. The Bertz CT molecular complexity index is 500. The zero-order valence-electron chi connectivity index (χ0n) is 11.1. The second-order valence-corrected chi connectivity index (χ2v) is 4.37. The number of carboxylic acids is 1. The minimum Gasteiger partial charge on any atom is -0.480 e. The van der Waals surface area contributed by atoms with E-state index in [1.807, 2.05) is 19.1 Å². The molecule has 0 unspecified atom stereocenters. The quantitative estimate of drug-likeness (QED) is 0.640. The van der Waals surface area contributed by atoms with Crippen LogP contribution >= 0.6 is 0 Å². The fourth-order valence-electron chi connectivity index (χ4n) is 1.69. The number of para-hydroxylation sites is 1. The predicted octanol–water partition coefficient (Wildman–Crippen LogP) is -0.195. The fraction of sp³-hybridized carbons (Fsp3) is 0.308. The molecule has 0 aliphatic heterocycles. The maximum atomic E-state index is 11.8. The Labute approximate surface area is 116 Å². The molecule has 20 heavy (non-hydrogen) atoms. The number of aryl methyl sites for hydroxylation is 1. The molecule has 1 aromatic rings. The van der Waals surface area contributed by atoms with Crippen LogP contribution in [-0.4, -0.2) is 47.4 Å². The van der Waals surface area contributed by atoms with Crippen molar-refractivity contribution in [1.29, 1.82) is 0 Å². The van der Waals surface area contributed by atoms with Crippen LogP contribution in [-0.2, 0) is 14.4 Å². The maximum Gasteiger partial charge on any atom is 0.317 e. The molecule has 0 saturated heterocycles. The third-order valence-electron chi connectivity index (χ3n) is 2.52. The molecule has 0 aromatic heterocycles. The topological polar surface area (TPSA) is 113 Å². The van der Waals surface area contributed by atoms with Crippen molar-refractivity contribution in [3.63, 3.8) is 0 Å². The van der Waals surface area contributed by atoms with Gasteiger partial charge in [-0.3, -0.25) is 19.3 Å². The van der Waals surface area contributed by atoms with Crippen molar-refractivity contribution in [1.82, 2.24) is 4.90 Å². The molecule has 0 aliphatic carbocycles. The van der Waals surface area contributed by atoms with Crippen LogP contribution in [0.5, 0.6) is 0 Å². The standard InChI is InChI=1S/C13H17N3O4/c1-9-4-2-3-5-10(9)15-12(18)7-16(6-11(14)17)8-13(19)20/h2-5H,6-8H2,1H3,(H2,14,17)(H,15,18)(H,19,20). The summed E-state index contributed by atoms with van der Waals surface area (Å²) >= 11 is 0. The summed E-state index contributed by atoms with van der Waals surface area (Å²) in [4.78, 5) is 34.5. The van der Waals surface area contributed by atoms with Gasteiger partial charge in [-0.2, -0.15) is 0 Å². The molecule has 0 fully saturated rings. The van der Waals surface area contributed by atoms with Crippen LogP contribution in [0.2, 0.25) is 0 Å². The first kappa shape index (κ1) is 15.6. The number of nitrogens with zero attached hydrogens (tertiary/aromatic N) is 1. The van der Waals surface area contributed by atoms with Gasteiger partial charge in [-0.05, 0) is 18.6 Å². The molecule has 0 heterocycles. The number of rotatable bonds is 7. The summed E-state index contributed by atoms with van der Waals surface area (Å²) in [6, 6.07) is 7.20. The van der Waals surface area contributed by atoms with Crippen LogP contribution < -0.4 is 11.1 Å². The molecule has 7 nitrogen and oxygen atoms in total. The van der Waals surface area contributed by atoms with Crippen molar-refractivity contribution >= 4 is 23.5 Å². The van der Waals surface area contributed by atoms with Crippen molar-refractivity contribution in [2.45, 2.75) is 6.92 Å². The molecule has 0 spiro atoms. The third kappa shape index (κ3) is 5.49. The van der Waals surface area contributed by atoms with Crippen molar-refractivity contribution in [2.75, 3.05) is 25.0 Å². The lowest BCUT2D eigenvalue weighted by molar-refractivity contribution is -0.138. The average Bonchev–Trinajstić information content (AvgIpc) is 2.30. The minimum absolute atomic E-state index is 0.219. The van der Waals surface area contributed by atoms with E-state index in [2.05, 4.69) is 5.32 Å². The smallest absolute Gasteiger partial charge is 0.317 e. The lowest BCUT2D eigenvalue weighted by Gasteiger charge is -2.18. The minimum atomic E-state index is -1.13. The Hall–Kier alpha value is -2.41. The highest BCUT2D eigenvalue weighted by Crippen LogP contribution is 2.12. The first-order valence-corrected chi connectivity index (χ1v) is 5.96. The van der Waals surface area contributed by atoms with Gasteiger partial charge in [0.15, 0.2) is 0 Å². The number of primary amides is 1. The summed E-state index contributed by atoms with van der Waals surface area (Å²) in [5, 5.41) is 11.4. The van der Waals surface area contributed by atoms with Crippen molar-refractivity contribution in [2.24, 2.45) is 5.73 Å². The molecule has 108 valence electrons. The maximum absolute atomic E-state index is 11.8. The van der Waals surface area contributed by atoms with E-state index < -0.39 is 24.3 Å². The number of carboxylic acid groups (broad SMARTS) is 1. The molecule has 1 rings (SSSR count). The molecule has 1 aromatic carbocycles. The molecule has 4 N–H and O–H groups in total. The number of carbonyl (C=O) groups excluding carboxylic acids is 2. The van der Waals surface area contributed by atoms with Gasteiger partial charge in [-0.15, -0.1) is 0 Å². The van der Waals surface area contributed by atoms with Gasteiger partial charge in [-0.25, -0.2) is 0 Å². The van der Waals surface area contributed by atoms with Crippen LogP contribution in [0.15, 0.2) is 24.3 Å². The highest BCUT2D eigenvalue weighted by atomic mass is 16.4. The van der Waals surface area contributed by atoms with Gasteiger partial charge in [0, 0.05) is 5.69 Å². The lowest BCUT2D eigenvalue weighted by atomic mass is 10.2. The lowest BCUT2D eigenvalue weighted by Crippen LogP contribution is -2.41. The number of nitrogens with two attached hydrogens (primary N) is 1. The fourth-order valence-corrected chi connectivity index (χ4v) is 1.69. The van der Waals surface area contributed by atoms with Crippen molar-refractivity contribution in [3.05, 3.63) is 29.8 Å². The Kier molecular flexibility index (Phi) is 5.67. The first-order valence-electron chi connectivity index (χ1n) is 5.96. The normalized spacial score (nSPS) is 10.3. The van der Waals surface area contributed by atoms with Gasteiger partial charge >= 0.3 is 5.97 Å². The molecular weight excluding hydrogens is 262 g/mol. The van der Waals surface area contributed by atoms with Crippen molar-refractivity contribution in [3.8, 4) is 0 Å². The van der Waals surface area contributed by atoms with Crippen LogP contribution in [0.1, 0.15) is 5.56 Å². The van der Waals surface area contributed by atoms with E-state index in [0.717, 1.165) is 10.5 Å². The van der Waals surface area contributed by atoms with Crippen LogP contribution in [0.3, 0.4) is 0 Å². The van der Waals surface area contributed by atoms with Gasteiger partial charge in [0.2, 0.25) is 11.8 Å². The summed E-state index contributed by atoms with van der Waals surface area (Å²) in [6.07, 6.45) is 0. The van der Waals surface area contributed by atoms with Crippen molar-refractivity contribution < 1.29 is 19.5 Å². The number of anilines is 1. The number of nitrogens with one attached hydrogen (secondary N) is 1. The first-order chi connectivity index (χ1) is 9.38. The number of hydrogen-bond acceptors (Lipinski definition) is 4. The number of carbonyl (C=O) groups is 3. The Morgan fingerprint density at radius 3 is 2.40 bits per heavy atom. The summed E-state index contributed by atoms with van der Waals surface area (Å²) in [5.41, 5.74) is 6.55. The van der Waals surface area contributed by atoms with Crippen LogP contribution in [0.4, 0.5) is 5.69 Å². The average molecular weight is 279 g/mol. The van der Waals surface area contributed by atoms with Gasteiger partial charge < -0.3 is 16.2 Å². The molecule has 0 bridgehead atoms. The van der Waals surface area contributed by atoms with E-state index in [4.69, 9.17) is 10.8 Å². The van der Waals surface area contributed by atoms with Gasteiger partial charge in [0.1, 0.15) is 0 Å². The van der Waals surface area contributed by atoms with E-state index in [9.17, 15) is 14.4 Å². The van der Waals surface area contributed by atoms with Gasteiger partial charge in [-0.1, -0.05) is 18.2 Å². The number of amides is 2. The van der Waals surface area contributed by atoms with E-state index in [1.54, 1.807) is 12.1 Å². The molecule has 0 atom stereocenters. The second-order valence-electron chi connectivity index (χ2n) is 4.37. The van der Waals surface area contributed by atoms with Crippen LogP contribution in [0, 0.1) is 6.92 Å². The van der Waals surface area contributed by atoms with E-state index in [1.165, 1.54) is 0 Å². The molecular formula is C13H17N3O4. The number of hydrogen-bond donors (Lipinski definition) is 3. The second kappa shape index (κ2) is 7.25. The molecule has 0 radical (unpaired) electrons. The molecule has 2 amide bonds. The van der Waals surface area contributed by atoms with Gasteiger partial charge in [0.25, 0.3) is 0 Å². The Morgan fingerprint density at radius 2 is 1.85 bits per heavy atom. The van der Waals surface area contributed by atoms with E-state index in [-0.39, 0.29) is 13.1 Å². The summed E-state index contributed by atoms with van der Waals surface area (Å²) < 4.78 is 0. The summed E-state index contributed by atoms with van der Waals surface area (Å²) in [5.74, 6) is -2.22. The van der Waals surface area contributed by atoms with Gasteiger partial charge in [0.05, 0.1) is 19.6 Å².